The molecule has 0 spiro atoms. The number of carbonyl (C=O) groups excluding carboxylic acids is 3. The van der Waals surface area contributed by atoms with Crippen LogP contribution in [0.4, 0.5) is 5.69 Å². The number of sulfonamides is 1. The Kier molecular flexibility index (Phi) is 9.03. The van der Waals surface area contributed by atoms with Crippen LogP contribution in [0.25, 0.3) is 0 Å². The molecule has 1 fully saturated rings. The van der Waals surface area contributed by atoms with Crippen molar-refractivity contribution in [2.24, 2.45) is 4.40 Å². The normalized spacial score (nSPS) is 16.2. The van der Waals surface area contributed by atoms with Gasteiger partial charge < -0.3 is 24.2 Å². The van der Waals surface area contributed by atoms with Crippen molar-refractivity contribution in [3.8, 4) is 0 Å². The minimum atomic E-state index is -4.11. The van der Waals surface area contributed by atoms with E-state index in [0.717, 1.165) is 5.56 Å². The first-order chi connectivity index (χ1) is 19.5. The second kappa shape index (κ2) is 12.5. The fourth-order valence-corrected chi connectivity index (χ4v) is 5.07. The molecule has 1 saturated heterocycles. The molecule has 218 valence electrons. The summed E-state index contributed by atoms with van der Waals surface area (Å²) in [5, 5.41) is 6.64. The van der Waals surface area contributed by atoms with Crippen LogP contribution >= 0.6 is 0 Å². The summed E-state index contributed by atoms with van der Waals surface area (Å²) >= 11 is 0. The average Bonchev–Trinajstić information content (AvgIpc) is 3.32. The standard InChI is InChI=1S/C27H31N5O8S/c1-17(2)32-22(25(40-30-32)29-41(36,37)21-11-5-18(3)6-12-21)16-31-13-14-39-23(26(31)34)15-24(33)28-20-9-7-19(8-10-20)27(35)38-4/h5-12,17,23H,13-16H2,1-4H3,(H,28,33)/b29-25-. The number of carbonyl (C=O) groups is 3. The lowest BCUT2D eigenvalue weighted by atomic mass is 10.1. The molecule has 0 bridgehead atoms. The Balaban J connectivity index is 1.50. The summed E-state index contributed by atoms with van der Waals surface area (Å²) in [4.78, 5) is 39.0. The number of nitrogens with zero attached hydrogens (tertiary/aromatic N) is 4. The predicted molar refractivity (Wildman–Crippen MR) is 143 cm³/mol. The molecule has 14 heteroatoms. The van der Waals surface area contributed by atoms with Gasteiger partial charge in [-0.3, -0.25) is 14.9 Å². The van der Waals surface area contributed by atoms with Crippen molar-refractivity contribution in [2.75, 3.05) is 25.6 Å². The first-order valence-electron chi connectivity index (χ1n) is 12.8. The smallest absolute Gasteiger partial charge is 0.337 e. The number of anilines is 1. The number of aromatic nitrogens is 2. The van der Waals surface area contributed by atoms with E-state index in [1.165, 1.54) is 41.0 Å². The molecule has 1 aliphatic rings. The molecule has 1 N–H and O–H groups in total. The minimum absolute atomic E-state index is 0.00462. The molecule has 0 saturated carbocycles. The third kappa shape index (κ3) is 7.08. The molecule has 2 heterocycles. The Morgan fingerprint density at radius 2 is 1.85 bits per heavy atom. The van der Waals surface area contributed by atoms with Crippen LogP contribution in [0.2, 0.25) is 0 Å². The third-order valence-electron chi connectivity index (χ3n) is 6.32. The van der Waals surface area contributed by atoms with Gasteiger partial charge in [-0.2, -0.15) is 8.42 Å². The third-order valence-corrected chi connectivity index (χ3v) is 7.59. The van der Waals surface area contributed by atoms with Crippen LogP contribution in [0.1, 0.15) is 47.9 Å². The van der Waals surface area contributed by atoms with Gasteiger partial charge in [-0.05, 0) is 57.2 Å². The molecule has 13 nitrogen and oxygen atoms in total. The van der Waals surface area contributed by atoms with Gasteiger partial charge >= 0.3 is 5.97 Å². The SMILES string of the molecule is COC(=O)c1ccc(NC(=O)CC2OCCN(Cc3/c(=N/S(=O)(=O)c4ccc(C)cc4)o[n-][n+]3C(C)C)C2=O)cc1. The Morgan fingerprint density at radius 3 is 2.49 bits per heavy atom. The predicted octanol–water partition coefficient (Wildman–Crippen LogP) is 1.25. The van der Waals surface area contributed by atoms with E-state index in [4.69, 9.17) is 9.26 Å². The van der Waals surface area contributed by atoms with E-state index in [-0.39, 0.29) is 42.6 Å². The number of amides is 2. The Labute approximate surface area is 236 Å². The molecule has 1 unspecified atom stereocenters. The second-order valence-corrected chi connectivity index (χ2v) is 11.3. The number of rotatable bonds is 9. The van der Waals surface area contributed by atoms with Gasteiger partial charge in [-0.1, -0.05) is 17.7 Å². The lowest BCUT2D eigenvalue weighted by molar-refractivity contribution is -0.790. The van der Waals surface area contributed by atoms with E-state index >= 15 is 0 Å². The second-order valence-electron chi connectivity index (χ2n) is 9.68. The number of methoxy groups -OCH3 is 1. The van der Waals surface area contributed by atoms with Gasteiger partial charge in [0.05, 0.1) is 30.6 Å². The minimum Gasteiger partial charge on any atom is -0.486 e. The van der Waals surface area contributed by atoms with Gasteiger partial charge in [0, 0.05) is 12.2 Å². The molecule has 1 atom stereocenters. The van der Waals surface area contributed by atoms with Crippen LogP contribution in [-0.2, 0) is 35.6 Å². The maximum atomic E-state index is 13.3. The molecular weight excluding hydrogens is 554 g/mol. The van der Waals surface area contributed by atoms with Gasteiger partial charge in [0.15, 0.2) is 0 Å². The summed E-state index contributed by atoms with van der Waals surface area (Å²) in [6, 6.07) is 12.1. The van der Waals surface area contributed by atoms with Crippen LogP contribution < -0.4 is 20.8 Å². The molecule has 4 rings (SSSR count). The van der Waals surface area contributed by atoms with E-state index in [1.54, 1.807) is 24.3 Å². The van der Waals surface area contributed by atoms with Crippen LogP contribution in [0.3, 0.4) is 0 Å². The molecular formula is C27H31N5O8S. The number of nitrogens with one attached hydrogen (secondary N) is 1. The van der Waals surface area contributed by atoms with Crippen molar-refractivity contribution in [1.29, 1.82) is 0 Å². The van der Waals surface area contributed by atoms with Crippen molar-refractivity contribution in [3.05, 3.63) is 70.9 Å². The summed E-state index contributed by atoms with van der Waals surface area (Å²) in [6.07, 6.45) is -1.30. The Bertz CT molecular complexity index is 1590. The Hall–Kier alpha value is -4.30. The molecule has 1 aliphatic heterocycles. The summed E-state index contributed by atoms with van der Waals surface area (Å²) in [5.41, 5.74) is 1.72. The molecule has 2 aromatic carbocycles. The summed E-state index contributed by atoms with van der Waals surface area (Å²) in [7, 11) is -2.84. The van der Waals surface area contributed by atoms with Crippen molar-refractivity contribution < 1.29 is 41.5 Å². The van der Waals surface area contributed by atoms with E-state index in [2.05, 4.69) is 19.7 Å². The zero-order chi connectivity index (χ0) is 29.7. The molecule has 1 aromatic heterocycles. The van der Waals surface area contributed by atoms with Crippen molar-refractivity contribution in [2.45, 2.75) is 50.8 Å². The van der Waals surface area contributed by atoms with Gasteiger partial charge in [-0.15, -0.1) is 4.40 Å². The van der Waals surface area contributed by atoms with Crippen molar-refractivity contribution in [3.63, 3.8) is 0 Å². The topological polar surface area (TPSA) is 163 Å². The number of ether oxygens (including phenoxy) is 2. The van der Waals surface area contributed by atoms with Gasteiger partial charge in [-0.25, -0.2) is 9.48 Å². The maximum absolute atomic E-state index is 13.3. The number of esters is 1. The highest BCUT2D eigenvalue weighted by atomic mass is 32.2. The summed E-state index contributed by atoms with van der Waals surface area (Å²) < 4.78 is 46.8. The molecule has 0 radical (unpaired) electrons. The van der Waals surface area contributed by atoms with E-state index in [1.807, 2.05) is 20.8 Å². The summed E-state index contributed by atoms with van der Waals surface area (Å²) in [5.74, 6) is -1.41. The zero-order valence-electron chi connectivity index (χ0n) is 23.1. The van der Waals surface area contributed by atoms with E-state index in [0.29, 0.717) is 16.9 Å². The monoisotopic (exact) mass is 585 g/mol. The lowest BCUT2D eigenvalue weighted by Gasteiger charge is -2.31. The molecule has 3 aromatic rings. The summed E-state index contributed by atoms with van der Waals surface area (Å²) in [6.45, 7) is 5.82. The highest BCUT2D eigenvalue weighted by Gasteiger charge is 2.34. The first-order valence-corrected chi connectivity index (χ1v) is 14.3. The first kappa shape index (κ1) is 29.7. The molecule has 0 aliphatic carbocycles. The van der Waals surface area contributed by atoms with Crippen LogP contribution in [-0.4, -0.2) is 57.5 Å². The van der Waals surface area contributed by atoms with Gasteiger partial charge in [0.1, 0.15) is 18.7 Å². The van der Waals surface area contributed by atoms with Crippen LogP contribution in [0.15, 0.2) is 62.3 Å². The fraction of sp³-hybridized carbons (Fsp3) is 0.370. The van der Waals surface area contributed by atoms with Crippen LogP contribution in [0, 0.1) is 6.92 Å². The molecule has 41 heavy (non-hydrogen) atoms. The fourth-order valence-electron chi connectivity index (χ4n) is 4.13. The van der Waals surface area contributed by atoms with Gasteiger partial charge in [0.25, 0.3) is 27.2 Å². The lowest BCUT2D eigenvalue weighted by Crippen LogP contribution is -2.52. The number of hydrogen-bond donors (Lipinski definition) is 1. The van der Waals surface area contributed by atoms with Crippen LogP contribution in [0.5, 0.6) is 0 Å². The highest BCUT2D eigenvalue weighted by Crippen LogP contribution is 2.16. The van der Waals surface area contributed by atoms with Crippen molar-refractivity contribution >= 4 is 33.5 Å². The Morgan fingerprint density at radius 1 is 1.17 bits per heavy atom. The number of morpholine rings is 1. The molecule has 2 amide bonds. The number of benzene rings is 2. The maximum Gasteiger partial charge on any atom is 0.337 e. The van der Waals surface area contributed by atoms with E-state index in [9.17, 15) is 22.8 Å². The zero-order valence-corrected chi connectivity index (χ0v) is 23.9. The average molecular weight is 586 g/mol. The highest BCUT2D eigenvalue weighted by molar-refractivity contribution is 7.90. The van der Waals surface area contributed by atoms with Gasteiger partial charge in [0.2, 0.25) is 5.91 Å². The van der Waals surface area contributed by atoms with E-state index < -0.39 is 33.9 Å². The number of aryl methyl sites for hydroxylation is 1. The number of hydrogen-bond acceptors (Lipinski definition) is 8. The van der Waals surface area contributed by atoms with Crippen molar-refractivity contribution in [1.82, 2.24) is 10.2 Å². The quantitative estimate of drug-likeness (QED) is 0.288. The largest absolute Gasteiger partial charge is 0.486 e.